The number of amides is 3. The lowest BCUT2D eigenvalue weighted by atomic mass is 10.1. The molecule has 1 aromatic rings. The maximum Gasteiger partial charge on any atom is 0.238 e. The number of hydrazine groups is 1. The maximum atomic E-state index is 11.8. The van der Waals surface area contributed by atoms with E-state index in [-0.39, 0.29) is 43.0 Å². The Labute approximate surface area is 116 Å². The van der Waals surface area contributed by atoms with Gasteiger partial charge in [-0.1, -0.05) is 31.2 Å². The van der Waals surface area contributed by atoms with Crippen LogP contribution < -0.4 is 11.3 Å². The van der Waals surface area contributed by atoms with Crippen molar-refractivity contribution in [3.63, 3.8) is 0 Å². The monoisotopic (exact) mass is 275 g/mol. The Kier molecular flexibility index (Phi) is 4.14. The number of benzene rings is 1. The molecule has 1 heterocycles. The van der Waals surface area contributed by atoms with E-state index in [2.05, 4.69) is 5.43 Å². The number of hydrogen-bond acceptors (Lipinski definition) is 4. The number of carbonyl (C=O) groups is 3. The minimum atomic E-state index is -0.267. The molecule has 0 radical (unpaired) electrons. The summed E-state index contributed by atoms with van der Waals surface area (Å²) < 4.78 is 0. The van der Waals surface area contributed by atoms with E-state index in [9.17, 15) is 14.4 Å². The van der Waals surface area contributed by atoms with Gasteiger partial charge < -0.3 is 0 Å². The molecular weight excluding hydrogens is 258 g/mol. The van der Waals surface area contributed by atoms with Gasteiger partial charge in [-0.3, -0.25) is 24.7 Å². The van der Waals surface area contributed by atoms with Gasteiger partial charge in [0.1, 0.15) is 0 Å². The molecule has 0 bridgehead atoms. The van der Waals surface area contributed by atoms with Gasteiger partial charge in [-0.2, -0.15) is 0 Å². The van der Waals surface area contributed by atoms with Gasteiger partial charge in [0, 0.05) is 12.3 Å². The number of rotatable bonds is 4. The molecule has 0 aliphatic carbocycles. The lowest BCUT2D eigenvalue weighted by molar-refractivity contribution is -0.139. The van der Waals surface area contributed by atoms with E-state index >= 15 is 0 Å². The van der Waals surface area contributed by atoms with Crippen molar-refractivity contribution in [2.24, 2.45) is 11.8 Å². The second-order valence-corrected chi connectivity index (χ2v) is 4.98. The van der Waals surface area contributed by atoms with Crippen molar-refractivity contribution in [1.29, 1.82) is 0 Å². The van der Waals surface area contributed by atoms with Crippen molar-refractivity contribution in [1.82, 2.24) is 10.3 Å². The third-order valence-electron chi connectivity index (χ3n) is 3.36. The number of likely N-dealkylation sites (tertiary alicyclic amines) is 1. The number of imide groups is 1. The first kappa shape index (κ1) is 14.2. The van der Waals surface area contributed by atoms with Gasteiger partial charge >= 0.3 is 0 Å². The van der Waals surface area contributed by atoms with Crippen LogP contribution in [0.25, 0.3) is 0 Å². The normalized spacial score (nSPS) is 18.5. The molecule has 6 nitrogen and oxygen atoms in total. The van der Waals surface area contributed by atoms with Gasteiger partial charge in [0.2, 0.25) is 17.7 Å². The largest absolute Gasteiger partial charge is 0.294 e. The molecule has 1 aliphatic rings. The summed E-state index contributed by atoms with van der Waals surface area (Å²) in [6.45, 7) is 2.04. The standard InChI is InChI=1S/C14H17N3O3/c1-9-6-13(19)17(14(9)20)8-11-4-2-10(3-5-11)7-12(18)16-15/h2-5,9H,6-8,15H2,1H3,(H,16,18). The fourth-order valence-corrected chi connectivity index (χ4v) is 2.20. The highest BCUT2D eigenvalue weighted by molar-refractivity contribution is 6.03. The highest BCUT2D eigenvalue weighted by Gasteiger charge is 2.35. The predicted molar refractivity (Wildman–Crippen MR) is 71.8 cm³/mol. The van der Waals surface area contributed by atoms with Gasteiger partial charge in [-0.25, -0.2) is 5.84 Å². The van der Waals surface area contributed by atoms with Gasteiger partial charge in [-0.15, -0.1) is 0 Å². The molecule has 1 atom stereocenters. The molecule has 1 aromatic carbocycles. The Morgan fingerprint density at radius 1 is 1.30 bits per heavy atom. The molecule has 106 valence electrons. The van der Waals surface area contributed by atoms with Crippen molar-refractivity contribution >= 4 is 17.7 Å². The van der Waals surface area contributed by atoms with Gasteiger partial charge in [0.25, 0.3) is 0 Å². The van der Waals surface area contributed by atoms with Gasteiger partial charge in [-0.05, 0) is 11.1 Å². The summed E-state index contributed by atoms with van der Waals surface area (Å²) in [5.41, 5.74) is 3.75. The number of nitrogens with zero attached hydrogens (tertiary/aromatic N) is 1. The Hall–Kier alpha value is -2.21. The Balaban J connectivity index is 2.02. The van der Waals surface area contributed by atoms with E-state index < -0.39 is 0 Å². The Morgan fingerprint density at radius 3 is 2.40 bits per heavy atom. The zero-order valence-corrected chi connectivity index (χ0v) is 11.3. The van der Waals surface area contributed by atoms with Crippen molar-refractivity contribution in [3.05, 3.63) is 35.4 Å². The van der Waals surface area contributed by atoms with Crippen LogP contribution in [0.5, 0.6) is 0 Å². The summed E-state index contributed by atoms with van der Waals surface area (Å²) in [4.78, 5) is 35.9. The number of carbonyl (C=O) groups excluding carboxylic acids is 3. The zero-order valence-electron chi connectivity index (χ0n) is 11.3. The summed E-state index contributed by atoms with van der Waals surface area (Å²) in [6, 6.07) is 7.20. The summed E-state index contributed by atoms with van der Waals surface area (Å²) in [7, 11) is 0. The van der Waals surface area contributed by atoms with E-state index in [1.54, 1.807) is 19.1 Å². The van der Waals surface area contributed by atoms with Crippen LogP contribution in [0.3, 0.4) is 0 Å². The lowest BCUT2D eigenvalue weighted by Crippen LogP contribution is -2.31. The highest BCUT2D eigenvalue weighted by Crippen LogP contribution is 2.21. The zero-order chi connectivity index (χ0) is 14.7. The Morgan fingerprint density at radius 2 is 1.90 bits per heavy atom. The summed E-state index contributed by atoms with van der Waals surface area (Å²) >= 11 is 0. The molecule has 0 aromatic heterocycles. The van der Waals surface area contributed by atoms with E-state index in [0.717, 1.165) is 11.1 Å². The predicted octanol–water partition coefficient (Wildman–Crippen LogP) is 0.114. The van der Waals surface area contributed by atoms with Crippen LogP contribution in [0.2, 0.25) is 0 Å². The molecule has 1 aliphatic heterocycles. The van der Waals surface area contributed by atoms with Crippen molar-refractivity contribution in [2.45, 2.75) is 26.3 Å². The number of nitrogens with two attached hydrogens (primary N) is 1. The molecule has 0 spiro atoms. The molecule has 1 saturated heterocycles. The van der Waals surface area contributed by atoms with Crippen LogP contribution in [-0.2, 0) is 27.3 Å². The lowest BCUT2D eigenvalue weighted by Gasteiger charge is -2.14. The van der Waals surface area contributed by atoms with Crippen LogP contribution in [-0.4, -0.2) is 22.6 Å². The SMILES string of the molecule is CC1CC(=O)N(Cc2ccc(CC(=O)NN)cc2)C1=O. The third kappa shape index (κ3) is 3.03. The van der Waals surface area contributed by atoms with E-state index in [1.165, 1.54) is 4.90 Å². The first-order chi connectivity index (χ1) is 9.51. The fourth-order valence-electron chi connectivity index (χ4n) is 2.20. The molecule has 1 unspecified atom stereocenters. The Bertz CT molecular complexity index is 539. The van der Waals surface area contributed by atoms with Crippen LogP contribution in [0, 0.1) is 5.92 Å². The van der Waals surface area contributed by atoms with Crippen LogP contribution in [0.4, 0.5) is 0 Å². The summed E-state index contributed by atoms with van der Waals surface area (Å²) in [5, 5.41) is 0. The minimum absolute atomic E-state index is 0.124. The third-order valence-corrected chi connectivity index (χ3v) is 3.36. The molecule has 2 rings (SSSR count). The first-order valence-corrected chi connectivity index (χ1v) is 6.42. The molecule has 3 N–H and O–H groups in total. The van der Waals surface area contributed by atoms with E-state index in [0.29, 0.717) is 0 Å². The van der Waals surface area contributed by atoms with Gasteiger partial charge in [0.05, 0.1) is 13.0 Å². The smallest absolute Gasteiger partial charge is 0.238 e. The molecule has 0 saturated carbocycles. The van der Waals surface area contributed by atoms with Crippen LogP contribution >= 0.6 is 0 Å². The van der Waals surface area contributed by atoms with Crippen LogP contribution in [0.1, 0.15) is 24.5 Å². The summed E-state index contributed by atoms with van der Waals surface area (Å²) in [5.74, 6) is 4.27. The van der Waals surface area contributed by atoms with Crippen LogP contribution in [0.15, 0.2) is 24.3 Å². The summed E-state index contributed by atoms with van der Waals surface area (Å²) in [6.07, 6.45) is 0.489. The molecule has 3 amide bonds. The van der Waals surface area contributed by atoms with Crippen molar-refractivity contribution in [3.8, 4) is 0 Å². The fraction of sp³-hybridized carbons (Fsp3) is 0.357. The van der Waals surface area contributed by atoms with E-state index in [1.807, 2.05) is 12.1 Å². The maximum absolute atomic E-state index is 11.8. The molecule has 1 fully saturated rings. The quantitative estimate of drug-likeness (QED) is 0.353. The number of hydrogen-bond donors (Lipinski definition) is 2. The minimum Gasteiger partial charge on any atom is -0.294 e. The highest BCUT2D eigenvalue weighted by atomic mass is 16.2. The first-order valence-electron chi connectivity index (χ1n) is 6.42. The second-order valence-electron chi connectivity index (χ2n) is 4.98. The van der Waals surface area contributed by atoms with E-state index in [4.69, 9.17) is 5.84 Å². The molecule has 6 heteroatoms. The average molecular weight is 275 g/mol. The second kappa shape index (κ2) is 5.83. The van der Waals surface area contributed by atoms with Gasteiger partial charge in [0.15, 0.2) is 0 Å². The molecule has 20 heavy (non-hydrogen) atoms. The topological polar surface area (TPSA) is 92.5 Å². The number of nitrogens with one attached hydrogen (secondary N) is 1. The average Bonchev–Trinajstić information content (AvgIpc) is 2.67. The molecular formula is C14H17N3O3. The van der Waals surface area contributed by atoms with Crippen molar-refractivity contribution < 1.29 is 14.4 Å². The van der Waals surface area contributed by atoms with Crippen molar-refractivity contribution in [2.75, 3.05) is 0 Å².